The first-order chi connectivity index (χ1) is 9.76. The molecular formula is C19H28O. The molecule has 1 unspecified atom stereocenters. The Balaban J connectivity index is 1.61. The normalized spacial score (nSPS) is 33.6. The average Bonchev–Trinajstić information content (AvgIpc) is 2.48. The van der Waals surface area contributed by atoms with Gasteiger partial charge < -0.3 is 5.11 Å². The maximum absolute atomic E-state index is 9.42. The SMILES string of the molecule is CCCC1CC[C@@H]2C[C@H](c3ccc(O)cc3)CC[C@@H]2C1. The lowest BCUT2D eigenvalue weighted by molar-refractivity contribution is 0.114. The summed E-state index contributed by atoms with van der Waals surface area (Å²) in [6.45, 7) is 2.33. The molecule has 0 amide bonds. The van der Waals surface area contributed by atoms with Gasteiger partial charge in [-0.15, -0.1) is 0 Å². The molecule has 2 aliphatic rings. The smallest absolute Gasteiger partial charge is 0.115 e. The van der Waals surface area contributed by atoms with Crippen LogP contribution in [-0.4, -0.2) is 5.11 Å². The topological polar surface area (TPSA) is 20.2 Å². The highest BCUT2D eigenvalue weighted by atomic mass is 16.3. The fourth-order valence-electron chi connectivity index (χ4n) is 4.71. The molecule has 0 aliphatic heterocycles. The molecule has 4 atom stereocenters. The van der Waals surface area contributed by atoms with Gasteiger partial charge in [0.05, 0.1) is 0 Å². The van der Waals surface area contributed by atoms with Crippen LogP contribution in [0.2, 0.25) is 0 Å². The molecule has 1 aromatic rings. The summed E-state index contributed by atoms with van der Waals surface area (Å²) < 4.78 is 0. The molecule has 3 rings (SSSR count). The lowest BCUT2D eigenvalue weighted by Gasteiger charge is -2.42. The number of fused-ring (bicyclic) bond motifs is 1. The van der Waals surface area contributed by atoms with Crippen LogP contribution < -0.4 is 0 Å². The standard InChI is InChI=1S/C19H28O/c1-2-3-14-4-5-18-13-17(7-6-16(18)12-14)15-8-10-19(20)11-9-15/h8-11,14,16-18,20H,2-7,12-13H2,1H3/t14?,16-,17-,18-/m1/s1. The molecule has 1 nitrogen and oxygen atoms in total. The lowest BCUT2D eigenvalue weighted by atomic mass is 9.63. The maximum atomic E-state index is 9.42. The van der Waals surface area contributed by atoms with E-state index in [4.69, 9.17) is 0 Å². The third-order valence-electron chi connectivity index (χ3n) is 5.78. The van der Waals surface area contributed by atoms with Crippen LogP contribution in [0, 0.1) is 17.8 Å². The third-order valence-corrected chi connectivity index (χ3v) is 5.78. The van der Waals surface area contributed by atoms with Crippen LogP contribution in [0.15, 0.2) is 24.3 Å². The van der Waals surface area contributed by atoms with E-state index in [0.717, 1.165) is 23.7 Å². The fraction of sp³-hybridized carbons (Fsp3) is 0.684. The zero-order valence-electron chi connectivity index (χ0n) is 12.7. The van der Waals surface area contributed by atoms with Crippen molar-refractivity contribution in [3.63, 3.8) is 0 Å². The molecule has 0 aromatic heterocycles. The minimum atomic E-state index is 0.391. The largest absolute Gasteiger partial charge is 0.508 e. The highest BCUT2D eigenvalue weighted by Gasteiger charge is 2.35. The molecule has 0 spiro atoms. The van der Waals surface area contributed by atoms with E-state index in [2.05, 4.69) is 19.1 Å². The summed E-state index contributed by atoms with van der Waals surface area (Å²) in [6, 6.07) is 7.95. The zero-order chi connectivity index (χ0) is 13.9. The number of phenolic OH excluding ortho intramolecular Hbond substituents is 1. The van der Waals surface area contributed by atoms with Gasteiger partial charge in [0, 0.05) is 0 Å². The second-order valence-corrected chi connectivity index (χ2v) is 7.09. The van der Waals surface area contributed by atoms with Crippen molar-refractivity contribution in [3.8, 4) is 5.75 Å². The first kappa shape index (κ1) is 14.0. The summed E-state index contributed by atoms with van der Waals surface area (Å²) in [7, 11) is 0. The molecule has 1 N–H and O–H groups in total. The van der Waals surface area contributed by atoms with Gasteiger partial charge in [-0.25, -0.2) is 0 Å². The molecule has 0 bridgehead atoms. The minimum Gasteiger partial charge on any atom is -0.508 e. The van der Waals surface area contributed by atoms with Crippen molar-refractivity contribution in [1.82, 2.24) is 0 Å². The van der Waals surface area contributed by atoms with E-state index in [-0.39, 0.29) is 0 Å². The van der Waals surface area contributed by atoms with Gasteiger partial charge in [0.2, 0.25) is 0 Å². The molecule has 1 heteroatoms. The molecule has 2 saturated carbocycles. The average molecular weight is 272 g/mol. The van der Waals surface area contributed by atoms with Gasteiger partial charge in [0.1, 0.15) is 5.75 Å². The highest BCUT2D eigenvalue weighted by Crippen LogP contribution is 2.48. The van der Waals surface area contributed by atoms with Crippen LogP contribution in [0.3, 0.4) is 0 Å². The summed E-state index contributed by atoms with van der Waals surface area (Å²) >= 11 is 0. The van der Waals surface area contributed by atoms with Crippen molar-refractivity contribution in [2.75, 3.05) is 0 Å². The Labute approximate surface area is 123 Å². The Morgan fingerprint density at radius 3 is 2.40 bits per heavy atom. The van der Waals surface area contributed by atoms with Gasteiger partial charge in [-0.3, -0.25) is 0 Å². The van der Waals surface area contributed by atoms with Crippen molar-refractivity contribution in [2.45, 2.75) is 64.2 Å². The van der Waals surface area contributed by atoms with E-state index in [0.29, 0.717) is 5.75 Å². The number of phenols is 1. The van der Waals surface area contributed by atoms with Crippen molar-refractivity contribution in [2.24, 2.45) is 17.8 Å². The fourth-order valence-corrected chi connectivity index (χ4v) is 4.71. The van der Waals surface area contributed by atoms with Crippen LogP contribution in [0.25, 0.3) is 0 Å². The van der Waals surface area contributed by atoms with E-state index in [9.17, 15) is 5.11 Å². The number of rotatable bonds is 3. The van der Waals surface area contributed by atoms with E-state index >= 15 is 0 Å². The van der Waals surface area contributed by atoms with Gasteiger partial charge in [-0.2, -0.15) is 0 Å². The van der Waals surface area contributed by atoms with E-state index in [1.54, 1.807) is 0 Å². The van der Waals surface area contributed by atoms with Crippen LogP contribution >= 0.6 is 0 Å². The third kappa shape index (κ3) is 3.02. The van der Waals surface area contributed by atoms with Crippen LogP contribution in [0.5, 0.6) is 5.75 Å². The molecule has 1 aromatic carbocycles. The quantitative estimate of drug-likeness (QED) is 0.771. The minimum absolute atomic E-state index is 0.391. The summed E-state index contributed by atoms with van der Waals surface area (Å²) in [4.78, 5) is 0. The Kier molecular flexibility index (Phi) is 4.33. The summed E-state index contributed by atoms with van der Waals surface area (Å²) in [5.74, 6) is 4.12. The van der Waals surface area contributed by atoms with E-state index in [1.807, 2.05) is 12.1 Å². The molecule has 20 heavy (non-hydrogen) atoms. The number of benzene rings is 1. The van der Waals surface area contributed by atoms with Crippen LogP contribution in [-0.2, 0) is 0 Å². The van der Waals surface area contributed by atoms with Gasteiger partial charge >= 0.3 is 0 Å². The molecular weight excluding hydrogens is 244 g/mol. The molecule has 2 fully saturated rings. The van der Waals surface area contributed by atoms with E-state index in [1.165, 1.54) is 56.9 Å². The van der Waals surface area contributed by atoms with Gasteiger partial charge in [0.25, 0.3) is 0 Å². The summed E-state index contributed by atoms with van der Waals surface area (Å²) in [6.07, 6.45) is 11.4. The van der Waals surface area contributed by atoms with E-state index < -0.39 is 0 Å². The van der Waals surface area contributed by atoms with Gasteiger partial charge in [-0.05, 0) is 73.5 Å². The maximum Gasteiger partial charge on any atom is 0.115 e. The highest BCUT2D eigenvalue weighted by molar-refractivity contribution is 5.28. The predicted molar refractivity (Wildman–Crippen MR) is 83.9 cm³/mol. The first-order valence-electron chi connectivity index (χ1n) is 8.55. The summed E-state index contributed by atoms with van der Waals surface area (Å²) in [5.41, 5.74) is 1.44. The van der Waals surface area contributed by atoms with Gasteiger partial charge in [0.15, 0.2) is 0 Å². The van der Waals surface area contributed by atoms with Crippen molar-refractivity contribution < 1.29 is 5.11 Å². The summed E-state index contributed by atoms with van der Waals surface area (Å²) in [5, 5.41) is 9.42. The number of hydrogen-bond acceptors (Lipinski definition) is 1. The lowest BCUT2D eigenvalue weighted by Crippen LogP contribution is -2.30. The Morgan fingerprint density at radius 1 is 0.950 bits per heavy atom. The molecule has 0 saturated heterocycles. The molecule has 0 radical (unpaired) electrons. The number of aromatic hydroxyl groups is 1. The van der Waals surface area contributed by atoms with Crippen molar-refractivity contribution in [3.05, 3.63) is 29.8 Å². The molecule has 0 heterocycles. The predicted octanol–water partition coefficient (Wildman–Crippen LogP) is 5.49. The van der Waals surface area contributed by atoms with Crippen molar-refractivity contribution >= 4 is 0 Å². The van der Waals surface area contributed by atoms with Crippen molar-refractivity contribution in [1.29, 1.82) is 0 Å². The monoisotopic (exact) mass is 272 g/mol. The van der Waals surface area contributed by atoms with Crippen LogP contribution in [0.1, 0.15) is 69.8 Å². The first-order valence-corrected chi connectivity index (χ1v) is 8.55. The second kappa shape index (κ2) is 6.20. The molecule has 2 aliphatic carbocycles. The Bertz CT molecular complexity index is 422. The van der Waals surface area contributed by atoms with Gasteiger partial charge in [-0.1, -0.05) is 38.3 Å². The van der Waals surface area contributed by atoms with Crippen LogP contribution in [0.4, 0.5) is 0 Å². The Morgan fingerprint density at radius 2 is 1.65 bits per heavy atom. The zero-order valence-corrected chi connectivity index (χ0v) is 12.7. The Hall–Kier alpha value is -0.980. The second-order valence-electron chi connectivity index (χ2n) is 7.09. The molecule has 110 valence electrons. The number of hydrogen-bond donors (Lipinski definition) is 1.